The predicted molar refractivity (Wildman–Crippen MR) is 93.7 cm³/mol. The Hall–Kier alpha value is -2.44. The summed E-state index contributed by atoms with van der Waals surface area (Å²) in [6.45, 7) is 8.54. The molecule has 7 heteroatoms. The van der Waals surface area contributed by atoms with Gasteiger partial charge in [0.25, 0.3) is 5.91 Å². The first kappa shape index (κ1) is 17.4. The summed E-state index contributed by atoms with van der Waals surface area (Å²) in [5, 5.41) is 14.5. The van der Waals surface area contributed by atoms with Crippen LogP contribution in [-0.2, 0) is 4.79 Å². The molecular formula is C18H24N4O3. The second-order valence-electron chi connectivity index (χ2n) is 7.16. The predicted octanol–water partition coefficient (Wildman–Crippen LogP) is 2.82. The van der Waals surface area contributed by atoms with Gasteiger partial charge in [0.1, 0.15) is 6.04 Å². The number of carboxylic acids is 1. The van der Waals surface area contributed by atoms with Crippen LogP contribution in [0.25, 0.3) is 11.0 Å². The molecule has 1 aliphatic rings. The van der Waals surface area contributed by atoms with E-state index in [0.717, 1.165) is 5.69 Å². The highest BCUT2D eigenvalue weighted by Crippen LogP contribution is 2.28. The van der Waals surface area contributed by atoms with Crippen molar-refractivity contribution < 1.29 is 14.7 Å². The van der Waals surface area contributed by atoms with E-state index in [1.54, 1.807) is 16.9 Å². The molecule has 25 heavy (non-hydrogen) atoms. The summed E-state index contributed by atoms with van der Waals surface area (Å²) in [7, 11) is 0. The van der Waals surface area contributed by atoms with E-state index in [4.69, 9.17) is 4.98 Å². The number of fused-ring (bicyclic) bond motifs is 1. The fraction of sp³-hybridized carbons (Fsp3) is 0.556. The smallest absolute Gasteiger partial charge is 0.326 e. The molecule has 1 aliphatic heterocycles. The van der Waals surface area contributed by atoms with E-state index in [9.17, 15) is 14.7 Å². The number of carbonyl (C=O) groups is 2. The summed E-state index contributed by atoms with van der Waals surface area (Å²) in [5.41, 5.74) is 1.98. The number of likely N-dealkylation sites (tertiary alicyclic amines) is 1. The Morgan fingerprint density at radius 2 is 2.00 bits per heavy atom. The molecule has 1 atom stereocenters. The third-order valence-corrected chi connectivity index (χ3v) is 4.70. The lowest BCUT2D eigenvalue weighted by molar-refractivity contribution is -0.141. The van der Waals surface area contributed by atoms with Gasteiger partial charge in [-0.1, -0.05) is 13.8 Å². The average Bonchev–Trinajstić information content (AvgIpc) is 3.19. The summed E-state index contributed by atoms with van der Waals surface area (Å²) in [6, 6.07) is 1.16. The van der Waals surface area contributed by atoms with Crippen molar-refractivity contribution in [3.05, 3.63) is 23.5 Å². The topological polar surface area (TPSA) is 88.3 Å². The molecule has 0 spiro atoms. The molecule has 0 saturated carbocycles. The van der Waals surface area contributed by atoms with Gasteiger partial charge in [0.05, 0.1) is 17.1 Å². The number of carbonyl (C=O) groups excluding carboxylic acids is 1. The number of aliphatic carboxylic acids is 1. The third-order valence-electron chi connectivity index (χ3n) is 4.70. The molecule has 0 aliphatic carbocycles. The molecule has 3 heterocycles. The Labute approximate surface area is 146 Å². The third kappa shape index (κ3) is 2.99. The van der Waals surface area contributed by atoms with Crippen LogP contribution in [0.4, 0.5) is 0 Å². The van der Waals surface area contributed by atoms with Crippen LogP contribution in [0.1, 0.15) is 68.5 Å². The maximum atomic E-state index is 13.1. The first-order valence-electron chi connectivity index (χ1n) is 8.73. The summed E-state index contributed by atoms with van der Waals surface area (Å²) >= 11 is 0. The Balaban J connectivity index is 2.14. The normalized spacial score (nSPS) is 17.8. The number of nitrogens with zero attached hydrogens (tertiary/aromatic N) is 4. The highest BCUT2D eigenvalue weighted by Gasteiger charge is 2.35. The molecule has 134 valence electrons. The SMILES string of the molecule is CC(C)c1cc(C(=O)N2CCCC2C(=O)O)c2cnn(C(C)C)c2n1. The number of carboxylic acid groups (broad SMARTS) is 1. The van der Waals surface area contributed by atoms with Gasteiger partial charge in [-0.3, -0.25) is 4.79 Å². The van der Waals surface area contributed by atoms with Crippen molar-refractivity contribution in [1.82, 2.24) is 19.7 Å². The van der Waals surface area contributed by atoms with Crippen LogP contribution < -0.4 is 0 Å². The molecule has 1 N–H and O–H groups in total. The van der Waals surface area contributed by atoms with Gasteiger partial charge >= 0.3 is 5.97 Å². The Kier molecular flexibility index (Phi) is 4.49. The largest absolute Gasteiger partial charge is 0.480 e. The number of rotatable bonds is 4. The van der Waals surface area contributed by atoms with Gasteiger partial charge in [-0.25, -0.2) is 14.5 Å². The van der Waals surface area contributed by atoms with Gasteiger partial charge in [-0.15, -0.1) is 0 Å². The van der Waals surface area contributed by atoms with Crippen LogP contribution in [0.3, 0.4) is 0 Å². The number of hydrogen-bond acceptors (Lipinski definition) is 4. The molecule has 2 aromatic rings. The molecule has 7 nitrogen and oxygen atoms in total. The van der Waals surface area contributed by atoms with Gasteiger partial charge in [-0.2, -0.15) is 5.10 Å². The molecule has 1 fully saturated rings. The van der Waals surface area contributed by atoms with Gasteiger partial charge in [0, 0.05) is 18.3 Å². The van der Waals surface area contributed by atoms with Crippen LogP contribution in [-0.4, -0.2) is 49.2 Å². The first-order chi connectivity index (χ1) is 11.8. The lowest BCUT2D eigenvalue weighted by Crippen LogP contribution is -2.40. The molecule has 0 bridgehead atoms. The van der Waals surface area contributed by atoms with Crippen LogP contribution in [0.5, 0.6) is 0 Å². The standard InChI is InChI=1S/C18H24N4O3/c1-10(2)14-8-12(13-9-19-22(11(3)4)16(13)20-14)17(23)21-7-5-6-15(21)18(24)25/h8-11,15H,5-7H2,1-4H3,(H,24,25). The Morgan fingerprint density at radius 1 is 1.28 bits per heavy atom. The minimum atomic E-state index is -0.946. The number of amides is 1. The van der Waals surface area contributed by atoms with E-state index in [2.05, 4.69) is 5.10 Å². The minimum absolute atomic E-state index is 0.119. The number of aromatic nitrogens is 3. The van der Waals surface area contributed by atoms with Crippen molar-refractivity contribution in [2.45, 2.75) is 58.5 Å². The van der Waals surface area contributed by atoms with E-state index in [0.29, 0.717) is 36.0 Å². The second-order valence-corrected chi connectivity index (χ2v) is 7.16. The molecule has 3 rings (SSSR count). The van der Waals surface area contributed by atoms with Crippen LogP contribution in [0.15, 0.2) is 12.3 Å². The van der Waals surface area contributed by atoms with E-state index < -0.39 is 12.0 Å². The molecule has 2 aromatic heterocycles. The maximum Gasteiger partial charge on any atom is 0.326 e. The second kappa shape index (κ2) is 6.46. The van der Waals surface area contributed by atoms with Crippen LogP contribution >= 0.6 is 0 Å². The summed E-state index contributed by atoms with van der Waals surface area (Å²) < 4.78 is 1.80. The molecule has 1 amide bonds. The van der Waals surface area contributed by atoms with Gasteiger partial charge in [0.15, 0.2) is 5.65 Å². The van der Waals surface area contributed by atoms with E-state index in [1.807, 2.05) is 27.7 Å². The van der Waals surface area contributed by atoms with Gasteiger partial charge < -0.3 is 10.0 Å². The van der Waals surface area contributed by atoms with Crippen molar-refractivity contribution in [3.63, 3.8) is 0 Å². The quantitative estimate of drug-likeness (QED) is 0.921. The molecule has 0 aromatic carbocycles. The van der Waals surface area contributed by atoms with Gasteiger partial charge in [-0.05, 0) is 38.7 Å². The molecule has 1 unspecified atom stereocenters. The van der Waals surface area contributed by atoms with E-state index in [-0.39, 0.29) is 17.9 Å². The van der Waals surface area contributed by atoms with Crippen molar-refractivity contribution in [1.29, 1.82) is 0 Å². The van der Waals surface area contributed by atoms with E-state index >= 15 is 0 Å². The summed E-state index contributed by atoms with van der Waals surface area (Å²) in [6.07, 6.45) is 2.86. The zero-order valence-corrected chi connectivity index (χ0v) is 15.1. The highest BCUT2D eigenvalue weighted by atomic mass is 16.4. The first-order valence-corrected chi connectivity index (χ1v) is 8.73. The average molecular weight is 344 g/mol. The molecular weight excluding hydrogens is 320 g/mol. The molecule has 0 radical (unpaired) electrons. The fourth-order valence-electron chi connectivity index (χ4n) is 3.31. The molecule has 1 saturated heterocycles. The van der Waals surface area contributed by atoms with Crippen LogP contribution in [0, 0.1) is 0 Å². The van der Waals surface area contributed by atoms with Crippen molar-refractivity contribution in [2.24, 2.45) is 0 Å². The highest BCUT2D eigenvalue weighted by molar-refractivity contribution is 6.06. The summed E-state index contributed by atoms with van der Waals surface area (Å²) in [5.74, 6) is -1.04. The van der Waals surface area contributed by atoms with Crippen LogP contribution in [0.2, 0.25) is 0 Å². The van der Waals surface area contributed by atoms with Gasteiger partial charge in [0.2, 0.25) is 0 Å². The Bertz CT molecular complexity index is 825. The monoisotopic (exact) mass is 344 g/mol. The fourth-order valence-corrected chi connectivity index (χ4v) is 3.31. The number of pyridine rings is 1. The number of hydrogen-bond donors (Lipinski definition) is 1. The lowest BCUT2D eigenvalue weighted by Gasteiger charge is -2.22. The maximum absolute atomic E-state index is 13.1. The lowest BCUT2D eigenvalue weighted by atomic mass is 10.0. The summed E-state index contributed by atoms with van der Waals surface area (Å²) in [4.78, 5) is 30.7. The van der Waals surface area contributed by atoms with E-state index in [1.165, 1.54) is 4.90 Å². The Morgan fingerprint density at radius 3 is 2.60 bits per heavy atom. The van der Waals surface area contributed by atoms with Crippen molar-refractivity contribution in [3.8, 4) is 0 Å². The van der Waals surface area contributed by atoms with Crippen molar-refractivity contribution >= 4 is 22.9 Å². The zero-order valence-electron chi connectivity index (χ0n) is 15.1. The zero-order chi connectivity index (χ0) is 18.3. The van der Waals surface area contributed by atoms with Crippen molar-refractivity contribution in [2.75, 3.05) is 6.54 Å². The minimum Gasteiger partial charge on any atom is -0.480 e.